The van der Waals surface area contributed by atoms with Gasteiger partial charge in [0.2, 0.25) is 5.75 Å². The molecule has 118 valence electrons. The molecule has 0 saturated carbocycles. The van der Waals surface area contributed by atoms with Gasteiger partial charge in [0.05, 0.1) is 23.3 Å². The van der Waals surface area contributed by atoms with Crippen molar-refractivity contribution < 1.29 is 19.6 Å². The molecule has 2 rings (SSSR count). The minimum atomic E-state index is -0.671. The highest BCUT2D eigenvalue weighted by Gasteiger charge is 2.15. The SMILES string of the molecule is COC(=O)c1cccc(N=Cc2cccc([N+](=O)[O-])c2O)c1C. The largest absolute Gasteiger partial charge is 0.502 e. The maximum atomic E-state index is 11.6. The number of aliphatic imine (C=N–C) groups is 1. The summed E-state index contributed by atoms with van der Waals surface area (Å²) in [4.78, 5) is 26.0. The van der Waals surface area contributed by atoms with Gasteiger partial charge in [-0.05, 0) is 30.7 Å². The van der Waals surface area contributed by atoms with Crippen LogP contribution in [0.4, 0.5) is 11.4 Å². The van der Waals surface area contributed by atoms with Crippen LogP contribution in [0.1, 0.15) is 21.5 Å². The minimum absolute atomic E-state index is 0.210. The van der Waals surface area contributed by atoms with E-state index in [0.29, 0.717) is 16.8 Å². The Bertz CT molecular complexity index is 799. The zero-order chi connectivity index (χ0) is 17.0. The molecule has 0 radical (unpaired) electrons. The number of methoxy groups -OCH3 is 1. The van der Waals surface area contributed by atoms with Crippen LogP contribution in [-0.2, 0) is 4.74 Å². The summed E-state index contributed by atoms with van der Waals surface area (Å²) in [6.07, 6.45) is 1.31. The molecule has 2 aromatic rings. The first kappa shape index (κ1) is 16.2. The van der Waals surface area contributed by atoms with Gasteiger partial charge in [-0.15, -0.1) is 0 Å². The van der Waals surface area contributed by atoms with Crippen LogP contribution in [0.3, 0.4) is 0 Å². The third-order valence-corrected chi connectivity index (χ3v) is 3.30. The summed E-state index contributed by atoms with van der Waals surface area (Å²) < 4.78 is 4.69. The highest BCUT2D eigenvalue weighted by Crippen LogP contribution is 2.29. The number of carbonyl (C=O) groups excluding carboxylic acids is 1. The third kappa shape index (κ3) is 3.34. The molecule has 0 atom stereocenters. The second kappa shape index (κ2) is 6.69. The number of hydrogen-bond donors (Lipinski definition) is 1. The molecule has 0 bridgehead atoms. The summed E-state index contributed by atoms with van der Waals surface area (Å²) in [6, 6.07) is 9.12. The zero-order valence-electron chi connectivity index (χ0n) is 12.5. The molecule has 0 amide bonds. The number of phenols is 1. The fourth-order valence-corrected chi connectivity index (χ4v) is 2.03. The molecular formula is C16H14N2O5. The summed E-state index contributed by atoms with van der Waals surface area (Å²) in [7, 11) is 1.29. The van der Waals surface area contributed by atoms with Gasteiger partial charge in [0.15, 0.2) is 0 Å². The van der Waals surface area contributed by atoms with E-state index < -0.39 is 22.3 Å². The van der Waals surface area contributed by atoms with Crippen molar-refractivity contribution in [1.82, 2.24) is 0 Å². The van der Waals surface area contributed by atoms with Gasteiger partial charge in [0, 0.05) is 17.8 Å². The maximum Gasteiger partial charge on any atom is 0.338 e. The number of hydrogen-bond acceptors (Lipinski definition) is 6. The van der Waals surface area contributed by atoms with Gasteiger partial charge in [-0.1, -0.05) is 12.1 Å². The minimum Gasteiger partial charge on any atom is -0.502 e. The second-order valence-electron chi connectivity index (χ2n) is 4.67. The lowest BCUT2D eigenvalue weighted by atomic mass is 10.1. The number of aromatic hydroxyl groups is 1. The van der Waals surface area contributed by atoms with Crippen molar-refractivity contribution in [2.75, 3.05) is 7.11 Å². The van der Waals surface area contributed by atoms with Gasteiger partial charge in [-0.25, -0.2) is 4.79 Å². The predicted molar refractivity (Wildman–Crippen MR) is 84.5 cm³/mol. The molecule has 7 heteroatoms. The number of benzene rings is 2. The lowest BCUT2D eigenvalue weighted by Crippen LogP contribution is -2.03. The zero-order valence-corrected chi connectivity index (χ0v) is 12.5. The molecular weight excluding hydrogens is 300 g/mol. The van der Waals surface area contributed by atoms with E-state index in [0.717, 1.165) is 0 Å². The maximum absolute atomic E-state index is 11.6. The Morgan fingerprint density at radius 1 is 1.30 bits per heavy atom. The van der Waals surface area contributed by atoms with Crippen LogP contribution in [0, 0.1) is 17.0 Å². The first-order chi connectivity index (χ1) is 11.0. The van der Waals surface area contributed by atoms with Crippen LogP contribution in [0.15, 0.2) is 41.4 Å². The van der Waals surface area contributed by atoms with Gasteiger partial charge < -0.3 is 9.84 Å². The summed E-state index contributed by atoms with van der Waals surface area (Å²) in [6.45, 7) is 1.71. The van der Waals surface area contributed by atoms with Crippen molar-refractivity contribution >= 4 is 23.6 Å². The first-order valence-electron chi connectivity index (χ1n) is 6.64. The van der Waals surface area contributed by atoms with Crippen molar-refractivity contribution in [3.8, 4) is 5.75 Å². The number of rotatable bonds is 4. The second-order valence-corrected chi connectivity index (χ2v) is 4.67. The average molecular weight is 314 g/mol. The van der Waals surface area contributed by atoms with Gasteiger partial charge in [-0.3, -0.25) is 15.1 Å². The lowest BCUT2D eigenvalue weighted by molar-refractivity contribution is -0.385. The third-order valence-electron chi connectivity index (χ3n) is 3.30. The van der Waals surface area contributed by atoms with E-state index in [1.165, 1.54) is 31.5 Å². The van der Waals surface area contributed by atoms with E-state index in [2.05, 4.69) is 4.99 Å². The van der Waals surface area contributed by atoms with Crippen LogP contribution in [0.5, 0.6) is 5.75 Å². The number of nitro benzene ring substituents is 1. The molecule has 0 aliphatic heterocycles. The fourth-order valence-electron chi connectivity index (χ4n) is 2.03. The molecule has 2 aromatic carbocycles. The Hall–Kier alpha value is -3.22. The number of nitro groups is 1. The molecule has 0 spiro atoms. The topological polar surface area (TPSA) is 102 Å². The Balaban J connectivity index is 2.40. The molecule has 0 fully saturated rings. The van der Waals surface area contributed by atoms with E-state index in [-0.39, 0.29) is 5.56 Å². The lowest BCUT2D eigenvalue weighted by Gasteiger charge is -2.06. The first-order valence-corrected chi connectivity index (χ1v) is 6.64. The summed E-state index contributed by atoms with van der Waals surface area (Å²) in [5.74, 6) is -0.930. The molecule has 1 N–H and O–H groups in total. The van der Waals surface area contributed by atoms with Gasteiger partial charge >= 0.3 is 11.7 Å². The number of ether oxygens (including phenoxy) is 1. The highest BCUT2D eigenvalue weighted by atomic mass is 16.6. The van der Waals surface area contributed by atoms with Crippen molar-refractivity contribution in [2.45, 2.75) is 6.92 Å². The molecule has 0 aromatic heterocycles. The van der Waals surface area contributed by atoms with Gasteiger partial charge in [-0.2, -0.15) is 0 Å². The Morgan fingerprint density at radius 3 is 2.65 bits per heavy atom. The van der Waals surface area contributed by atoms with Crippen molar-refractivity contribution in [3.63, 3.8) is 0 Å². The highest BCUT2D eigenvalue weighted by molar-refractivity contribution is 5.93. The monoisotopic (exact) mass is 314 g/mol. The number of nitrogens with zero attached hydrogens (tertiary/aromatic N) is 2. The number of esters is 1. The fraction of sp³-hybridized carbons (Fsp3) is 0.125. The van der Waals surface area contributed by atoms with E-state index in [4.69, 9.17) is 4.74 Å². The molecule has 7 nitrogen and oxygen atoms in total. The summed E-state index contributed by atoms with van der Waals surface area (Å²) >= 11 is 0. The molecule has 0 aliphatic rings. The molecule has 23 heavy (non-hydrogen) atoms. The predicted octanol–water partition coefficient (Wildman–Crippen LogP) is 3.15. The van der Waals surface area contributed by atoms with Crippen molar-refractivity contribution in [2.24, 2.45) is 4.99 Å². The Kier molecular flexibility index (Phi) is 4.70. The summed E-state index contributed by atoms with van der Waals surface area (Å²) in [5, 5.41) is 20.7. The molecule has 0 aliphatic carbocycles. The Labute approximate surface area is 132 Å². The normalized spacial score (nSPS) is 10.7. The molecule has 0 saturated heterocycles. The quantitative estimate of drug-likeness (QED) is 0.404. The van der Waals surface area contributed by atoms with E-state index in [9.17, 15) is 20.0 Å². The van der Waals surface area contributed by atoms with Crippen LogP contribution in [0.2, 0.25) is 0 Å². The number of para-hydroxylation sites is 1. The summed E-state index contributed by atoms with van der Waals surface area (Å²) in [5.41, 5.74) is 1.31. The molecule has 0 heterocycles. The van der Waals surface area contributed by atoms with Crippen LogP contribution < -0.4 is 0 Å². The van der Waals surface area contributed by atoms with E-state index in [1.807, 2.05) is 0 Å². The number of phenolic OH excluding ortho intramolecular Hbond substituents is 1. The molecule has 0 unspecified atom stereocenters. The van der Waals surface area contributed by atoms with Gasteiger partial charge in [0.1, 0.15) is 0 Å². The van der Waals surface area contributed by atoms with Crippen LogP contribution in [-0.4, -0.2) is 29.3 Å². The standard InChI is InChI=1S/C16H14N2O5/c1-10-12(16(20)23-2)6-4-7-13(10)17-9-11-5-3-8-14(15(11)19)18(21)22/h3-9,19H,1-2H3. The van der Waals surface area contributed by atoms with Crippen LogP contribution >= 0.6 is 0 Å². The smallest absolute Gasteiger partial charge is 0.338 e. The van der Waals surface area contributed by atoms with Gasteiger partial charge in [0.25, 0.3) is 0 Å². The number of carbonyl (C=O) groups is 1. The van der Waals surface area contributed by atoms with E-state index in [1.54, 1.807) is 25.1 Å². The Morgan fingerprint density at radius 2 is 2.00 bits per heavy atom. The van der Waals surface area contributed by atoms with Crippen molar-refractivity contribution in [3.05, 3.63) is 63.2 Å². The van der Waals surface area contributed by atoms with E-state index >= 15 is 0 Å². The van der Waals surface area contributed by atoms with Crippen molar-refractivity contribution in [1.29, 1.82) is 0 Å². The van der Waals surface area contributed by atoms with Crippen LogP contribution in [0.25, 0.3) is 0 Å². The average Bonchev–Trinajstić information content (AvgIpc) is 2.54.